The lowest BCUT2D eigenvalue weighted by atomic mass is 10.2. The maximum absolute atomic E-state index is 12.4. The lowest BCUT2D eigenvalue weighted by molar-refractivity contribution is -0.119. The molecule has 3 aromatic rings. The van der Waals surface area contributed by atoms with Crippen LogP contribution in [0.1, 0.15) is 27.3 Å². The van der Waals surface area contributed by atoms with E-state index in [1.165, 1.54) is 30.0 Å². The second-order valence-electron chi connectivity index (χ2n) is 5.48. The molecule has 0 unspecified atom stereocenters. The first-order valence-corrected chi connectivity index (χ1v) is 9.55. The summed E-state index contributed by atoms with van der Waals surface area (Å²) >= 11 is 2.85. The third-order valence-corrected chi connectivity index (χ3v) is 5.59. The topological polar surface area (TPSA) is 72.0 Å². The highest BCUT2D eigenvalue weighted by atomic mass is 32.2. The summed E-state index contributed by atoms with van der Waals surface area (Å²) in [5.41, 5.74) is 0.888. The summed E-state index contributed by atoms with van der Waals surface area (Å²) in [6.07, 6.45) is 0. The fourth-order valence-electron chi connectivity index (χ4n) is 2.31. The fourth-order valence-corrected chi connectivity index (χ4v) is 4.23. The highest BCUT2D eigenvalue weighted by Crippen LogP contribution is 2.27. The fraction of sp³-hybridized carbons (Fsp3) is 0.222. The summed E-state index contributed by atoms with van der Waals surface area (Å²) in [5.74, 6) is 0.996. The number of carbonyl (C=O) groups excluding carboxylic acids is 2. The second-order valence-corrected chi connectivity index (χ2v) is 7.61. The number of thioether (sulfide) groups is 1. The van der Waals surface area contributed by atoms with Gasteiger partial charge in [-0.15, -0.1) is 11.3 Å². The molecule has 0 saturated carbocycles. The molecule has 0 atom stereocenters. The minimum atomic E-state index is -0.0807. The van der Waals surface area contributed by atoms with E-state index in [1.54, 1.807) is 0 Å². The van der Waals surface area contributed by atoms with Gasteiger partial charge in [-0.25, -0.2) is 9.97 Å². The Morgan fingerprint density at radius 2 is 1.96 bits per heavy atom. The molecule has 3 rings (SSSR count). The summed E-state index contributed by atoms with van der Waals surface area (Å²) in [7, 11) is 0. The Morgan fingerprint density at radius 3 is 2.76 bits per heavy atom. The van der Waals surface area contributed by atoms with Gasteiger partial charge in [-0.1, -0.05) is 30.0 Å². The SMILES string of the molecule is CC(=O)NCc1ccc(C(=O)CSc2nc(C)nc3ccccc23)s1. The number of ketones is 1. The number of nitrogens with one attached hydrogen (secondary N) is 1. The molecule has 0 radical (unpaired) electrons. The molecule has 5 nitrogen and oxygen atoms in total. The minimum Gasteiger partial charge on any atom is -0.351 e. The van der Waals surface area contributed by atoms with Gasteiger partial charge in [0.15, 0.2) is 5.78 Å². The molecule has 128 valence electrons. The van der Waals surface area contributed by atoms with Crippen molar-refractivity contribution in [3.8, 4) is 0 Å². The molecule has 0 aliphatic rings. The smallest absolute Gasteiger partial charge is 0.217 e. The van der Waals surface area contributed by atoms with Crippen molar-refractivity contribution in [2.45, 2.75) is 25.4 Å². The maximum atomic E-state index is 12.4. The van der Waals surface area contributed by atoms with Crippen molar-refractivity contribution in [2.24, 2.45) is 0 Å². The van der Waals surface area contributed by atoms with Gasteiger partial charge in [0.2, 0.25) is 5.91 Å². The van der Waals surface area contributed by atoms with Gasteiger partial charge in [-0.05, 0) is 25.1 Å². The van der Waals surface area contributed by atoms with Crippen molar-refractivity contribution in [1.82, 2.24) is 15.3 Å². The molecular weight excluding hydrogens is 354 g/mol. The predicted molar refractivity (Wildman–Crippen MR) is 101 cm³/mol. The van der Waals surface area contributed by atoms with E-state index in [9.17, 15) is 9.59 Å². The first kappa shape index (κ1) is 17.6. The van der Waals surface area contributed by atoms with Crippen LogP contribution >= 0.6 is 23.1 Å². The first-order chi connectivity index (χ1) is 12.0. The van der Waals surface area contributed by atoms with Crippen LogP contribution in [0.15, 0.2) is 41.4 Å². The maximum Gasteiger partial charge on any atom is 0.217 e. The molecule has 1 aromatic carbocycles. The van der Waals surface area contributed by atoms with Crippen molar-refractivity contribution in [1.29, 1.82) is 0 Å². The molecule has 1 amide bonds. The summed E-state index contributed by atoms with van der Waals surface area (Å²) < 4.78 is 0. The molecule has 25 heavy (non-hydrogen) atoms. The molecule has 0 aliphatic heterocycles. The predicted octanol–water partition coefficient (Wildman–Crippen LogP) is 3.61. The zero-order chi connectivity index (χ0) is 17.8. The molecule has 2 heterocycles. The zero-order valence-electron chi connectivity index (χ0n) is 13.9. The molecule has 0 bridgehead atoms. The van der Waals surface area contributed by atoms with Crippen molar-refractivity contribution < 1.29 is 9.59 Å². The Hall–Kier alpha value is -2.25. The largest absolute Gasteiger partial charge is 0.351 e. The number of hydrogen-bond donors (Lipinski definition) is 1. The average Bonchev–Trinajstić information content (AvgIpc) is 3.06. The highest BCUT2D eigenvalue weighted by Gasteiger charge is 2.13. The van der Waals surface area contributed by atoms with Gasteiger partial charge >= 0.3 is 0 Å². The zero-order valence-corrected chi connectivity index (χ0v) is 15.5. The second kappa shape index (κ2) is 7.76. The van der Waals surface area contributed by atoms with Crippen molar-refractivity contribution in [2.75, 3.05) is 5.75 Å². The van der Waals surface area contributed by atoms with Gasteiger partial charge in [0.1, 0.15) is 10.9 Å². The van der Waals surface area contributed by atoms with Crippen LogP contribution in [0.25, 0.3) is 10.9 Å². The van der Waals surface area contributed by atoms with Crippen LogP contribution in [-0.4, -0.2) is 27.4 Å². The van der Waals surface area contributed by atoms with E-state index in [-0.39, 0.29) is 11.7 Å². The Balaban J connectivity index is 1.69. The quantitative estimate of drug-likeness (QED) is 0.407. The van der Waals surface area contributed by atoms with E-state index in [1.807, 2.05) is 43.3 Å². The molecule has 7 heteroatoms. The van der Waals surface area contributed by atoms with Gasteiger partial charge in [0, 0.05) is 17.2 Å². The van der Waals surface area contributed by atoms with Crippen molar-refractivity contribution in [3.05, 3.63) is 52.0 Å². The van der Waals surface area contributed by atoms with E-state index in [2.05, 4.69) is 15.3 Å². The third-order valence-electron chi connectivity index (χ3n) is 3.47. The minimum absolute atomic E-state index is 0.0596. The van der Waals surface area contributed by atoms with Gasteiger partial charge in [-0.2, -0.15) is 0 Å². The lowest BCUT2D eigenvalue weighted by Crippen LogP contribution is -2.18. The Kier molecular flexibility index (Phi) is 5.45. The lowest BCUT2D eigenvalue weighted by Gasteiger charge is -2.05. The molecular formula is C18H17N3O2S2. The van der Waals surface area contributed by atoms with Crippen LogP contribution in [0.3, 0.4) is 0 Å². The molecule has 1 N–H and O–H groups in total. The van der Waals surface area contributed by atoms with E-state index in [4.69, 9.17) is 0 Å². The molecule has 0 aliphatic carbocycles. The Labute approximate surface area is 153 Å². The van der Waals surface area contributed by atoms with Gasteiger partial charge in [0.25, 0.3) is 0 Å². The summed E-state index contributed by atoms with van der Waals surface area (Å²) in [5, 5.41) is 4.52. The Bertz CT molecular complexity index is 937. The van der Waals surface area contributed by atoms with Crippen LogP contribution in [0, 0.1) is 6.92 Å². The number of carbonyl (C=O) groups is 2. The monoisotopic (exact) mass is 371 g/mol. The normalized spacial score (nSPS) is 10.8. The standard InChI is InChI=1S/C18H17N3O2S2/c1-11-20-15-6-4-3-5-14(15)18(21-11)24-10-16(23)17-8-7-13(25-17)9-19-12(2)22/h3-8H,9-10H2,1-2H3,(H,19,22). The number of benzene rings is 1. The molecule has 0 spiro atoms. The van der Waals surface area contributed by atoms with E-state index in [0.717, 1.165) is 20.8 Å². The summed E-state index contributed by atoms with van der Waals surface area (Å²) in [6.45, 7) is 3.78. The van der Waals surface area contributed by atoms with E-state index in [0.29, 0.717) is 23.0 Å². The molecule has 2 aromatic heterocycles. The number of aryl methyl sites for hydroxylation is 1. The number of thiophene rings is 1. The Morgan fingerprint density at radius 1 is 1.16 bits per heavy atom. The van der Waals surface area contributed by atoms with Gasteiger partial charge < -0.3 is 5.32 Å². The average molecular weight is 371 g/mol. The third kappa shape index (κ3) is 4.43. The van der Waals surface area contributed by atoms with E-state index >= 15 is 0 Å². The number of Topliss-reactive ketones (excluding diaryl/α,β-unsaturated/α-hetero) is 1. The first-order valence-electron chi connectivity index (χ1n) is 7.75. The van der Waals surface area contributed by atoms with Crippen LogP contribution in [-0.2, 0) is 11.3 Å². The van der Waals surface area contributed by atoms with Crippen LogP contribution in [0.2, 0.25) is 0 Å². The van der Waals surface area contributed by atoms with Gasteiger partial charge in [0.05, 0.1) is 22.7 Å². The van der Waals surface area contributed by atoms with Crippen LogP contribution in [0.4, 0.5) is 0 Å². The number of para-hydroxylation sites is 1. The molecule has 0 saturated heterocycles. The molecule has 0 fully saturated rings. The number of rotatable bonds is 6. The van der Waals surface area contributed by atoms with Crippen molar-refractivity contribution >= 4 is 45.7 Å². The number of nitrogens with zero attached hydrogens (tertiary/aromatic N) is 2. The highest BCUT2D eigenvalue weighted by molar-refractivity contribution is 8.00. The number of fused-ring (bicyclic) bond motifs is 1. The summed E-state index contributed by atoms with van der Waals surface area (Å²) in [4.78, 5) is 34.0. The van der Waals surface area contributed by atoms with E-state index < -0.39 is 0 Å². The number of amides is 1. The number of aromatic nitrogens is 2. The number of hydrogen-bond acceptors (Lipinski definition) is 6. The van der Waals surface area contributed by atoms with Crippen LogP contribution in [0.5, 0.6) is 0 Å². The summed E-state index contributed by atoms with van der Waals surface area (Å²) in [6, 6.07) is 11.5. The van der Waals surface area contributed by atoms with Gasteiger partial charge in [-0.3, -0.25) is 9.59 Å². The van der Waals surface area contributed by atoms with Crippen molar-refractivity contribution in [3.63, 3.8) is 0 Å². The van der Waals surface area contributed by atoms with Crippen LogP contribution < -0.4 is 5.32 Å².